The SMILES string of the molecule is Fc1ccc(Br)cc1-c1ccnc(N2CCCNCC2)n1. The average Bonchev–Trinajstić information content (AvgIpc) is 2.79. The topological polar surface area (TPSA) is 41.1 Å². The molecule has 0 unspecified atom stereocenters. The van der Waals surface area contributed by atoms with E-state index in [1.165, 1.54) is 6.07 Å². The fraction of sp³-hybridized carbons (Fsp3) is 0.333. The molecule has 2 heterocycles. The number of nitrogens with zero attached hydrogens (tertiary/aromatic N) is 3. The Balaban J connectivity index is 1.94. The number of rotatable bonds is 2. The van der Waals surface area contributed by atoms with E-state index in [9.17, 15) is 4.39 Å². The summed E-state index contributed by atoms with van der Waals surface area (Å²) in [6.45, 7) is 3.71. The van der Waals surface area contributed by atoms with Crippen molar-refractivity contribution in [1.29, 1.82) is 0 Å². The molecule has 0 bridgehead atoms. The summed E-state index contributed by atoms with van der Waals surface area (Å²) in [4.78, 5) is 11.0. The summed E-state index contributed by atoms with van der Waals surface area (Å²) in [5.41, 5.74) is 1.09. The van der Waals surface area contributed by atoms with Gasteiger partial charge in [-0.15, -0.1) is 0 Å². The highest BCUT2D eigenvalue weighted by molar-refractivity contribution is 9.10. The van der Waals surface area contributed by atoms with Gasteiger partial charge in [-0.25, -0.2) is 14.4 Å². The van der Waals surface area contributed by atoms with Crippen molar-refractivity contribution in [2.75, 3.05) is 31.1 Å². The highest BCUT2D eigenvalue weighted by Crippen LogP contribution is 2.25. The molecule has 0 radical (unpaired) electrons. The van der Waals surface area contributed by atoms with Crippen molar-refractivity contribution in [2.45, 2.75) is 6.42 Å². The number of anilines is 1. The zero-order valence-corrected chi connectivity index (χ0v) is 13.1. The van der Waals surface area contributed by atoms with E-state index in [4.69, 9.17) is 0 Å². The fourth-order valence-corrected chi connectivity index (χ4v) is 2.75. The van der Waals surface area contributed by atoms with Gasteiger partial charge in [0.05, 0.1) is 5.69 Å². The molecule has 1 fully saturated rings. The van der Waals surface area contributed by atoms with E-state index in [1.807, 2.05) is 0 Å². The van der Waals surface area contributed by atoms with Crippen LogP contribution in [0.5, 0.6) is 0 Å². The number of aromatic nitrogens is 2. The smallest absolute Gasteiger partial charge is 0.225 e. The quantitative estimate of drug-likeness (QED) is 0.904. The van der Waals surface area contributed by atoms with Crippen molar-refractivity contribution in [1.82, 2.24) is 15.3 Å². The Morgan fingerprint density at radius 2 is 2.10 bits per heavy atom. The van der Waals surface area contributed by atoms with Gasteiger partial charge in [0.2, 0.25) is 5.95 Å². The maximum atomic E-state index is 14.0. The number of halogens is 2. The van der Waals surface area contributed by atoms with E-state index in [0.717, 1.165) is 37.1 Å². The highest BCUT2D eigenvalue weighted by Gasteiger charge is 2.14. The van der Waals surface area contributed by atoms with Crippen LogP contribution in [-0.4, -0.2) is 36.1 Å². The van der Waals surface area contributed by atoms with Gasteiger partial charge in [-0.3, -0.25) is 0 Å². The summed E-state index contributed by atoms with van der Waals surface area (Å²) in [5, 5.41) is 3.35. The monoisotopic (exact) mass is 350 g/mol. The summed E-state index contributed by atoms with van der Waals surface area (Å²) >= 11 is 3.37. The molecule has 6 heteroatoms. The van der Waals surface area contributed by atoms with Gasteiger partial charge in [0.15, 0.2) is 0 Å². The van der Waals surface area contributed by atoms with Crippen molar-refractivity contribution >= 4 is 21.9 Å². The van der Waals surface area contributed by atoms with Crippen LogP contribution in [0.15, 0.2) is 34.9 Å². The van der Waals surface area contributed by atoms with E-state index in [2.05, 4.69) is 36.1 Å². The second-order valence-corrected chi connectivity index (χ2v) is 5.87. The first-order valence-electron chi connectivity index (χ1n) is 6.98. The third-order valence-electron chi connectivity index (χ3n) is 3.47. The van der Waals surface area contributed by atoms with Crippen molar-refractivity contribution in [3.05, 3.63) is 40.8 Å². The van der Waals surface area contributed by atoms with Gasteiger partial charge in [0.1, 0.15) is 5.82 Å². The molecule has 0 aliphatic carbocycles. The second kappa shape index (κ2) is 6.49. The van der Waals surface area contributed by atoms with Gasteiger partial charge >= 0.3 is 0 Å². The fourth-order valence-electron chi connectivity index (χ4n) is 2.39. The number of hydrogen-bond donors (Lipinski definition) is 1. The molecule has 21 heavy (non-hydrogen) atoms. The molecular formula is C15H16BrFN4. The molecule has 1 aliphatic heterocycles. The first kappa shape index (κ1) is 14.4. The van der Waals surface area contributed by atoms with E-state index in [0.29, 0.717) is 17.2 Å². The molecule has 1 N–H and O–H groups in total. The Kier molecular flexibility index (Phi) is 4.45. The van der Waals surface area contributed by atoms with Crippen LogP contribution in [0.4, 0.5) is 10.3 Å². The van der Waals surface area contributed by atoms with Crippen LogP contribution in [-0.2, 0) is 0 Å². The first-order chi connectivity index (χ1) is 10.2. The van der Waals surface area contributed by atoms with Crippen molar-refractivity contribution in [2.24, 2.45) is 0 Å². The van der Waals surface area contributed by atoms with Gasteiger partial charge < -0.3 is 10.2 Å². The number of hydrogen-bond acceptors (Lipinski definition) is 4. The first-order valence-corrected chi connectivity index (χ1v) is 7.77. The molecule has 1 aromatic carbocycles. The molecule has 0 saturated carbocycles. The summed E-state index contributed by atoms with van der Waals surface area (Å²) in [7, 11) is 0. The Morgan fingerprint density at radius 3 is 3.00 bits per heavy atom. The van der Waals surface area contributed by atoms with Crippen LogP contribution in [0.1, 0.15) is 6.42 Å². The van der Waals surface area contributed by atoms with Crippen LogP contribution in [0.25, 0.3) is 11.3 Å². The minimum absolute atomic E-state index is 0.277. The summed E-state index contributed by atoms with van der Waals surface area (Å²) in [6.07, 6.45) is 2.75. The van der Waals surface area contributed by atoms with Gasteiger partial charge in [-0.2, -0.15) is 0 Å². The standard InChI is InChI=1S/C15H16BrFN4/c16-11-2-3-13(17)12(10-11)14-4-6-19-15(20-14)21-8-1-5-18-7-9-21/h2-4,6,10,18H,1,5,7-9H2. The van der Waals surface area contributed by atoms with Crippen LogP contribution in [0.2, 0.25) is 0 Å². The highest BCUT2D eigenvalue weighted by atomic mass is 79.9. The molecular weight excluding hydrogens is 335 g/mol. The lowest BCUT2D eigenvalue weighted by atomic mass is 10.1. The maximum absolute atomic E-state index is 14.0. The van der Waals surface area contributed by atoms with Gasteiger partial charge in [-0.05, 0) is 37.2 Å². The third kappa shape index (κ3) is 3.39. The number of nitrogens with one attached hydrogen (secondary N) is 1. The van der Waals surface area contributed by atoms with E-state index < -0.39 is 0 Å². The van der Waals surface area contributed by atoms with Crippen LogP contribution < -0.4 is 10.2 Å². The summed E-state index contributed by atoms with van der Waals surface area (Å²) < 4.78 is 14.8. The second-order valence-electron chi connectivity index (χ2n) is 4.96. The molecule has 2 aromatic rings. The molecule has 1 aromatic heterocycles. The van der Waals surface area contributed by atoms with E-state index >= 15 is 0 Å². The molecule has 4 nitrogen and oxygen atoms in total. The van der Waals surface area contributed by atoms with E-state index in [1.54, 1.807) is 24.4 Å². The zero-order valence-electron chi connectivity index (χ0n) is 11.5. The van der Waals surface area contributed by atoms with Crippen molar-refractivity contribution < 1.29 is 4.39 Å². The number of benzene rings is 1. The lowest BCUT2D eigenvalue weighted by Gasteiger charge is -2.20. The van der Waals surface area contributed by atoms with Gasteiger partial charge in [0.25, 0.3) is 0 Å². The Morgan fingerprint density at radius 1 is 1.19 bits per heavy atom. The Hall–Kier alpha value is -1.53. The summed E-state index contributed by atoms with van der Waals surface area (Å²) in [5.74, 6) is 0.385. The molecule has 110 valence electrons. The molecule has 1 saturated heterocycles. The predicted molar refractivity (Wildman–Crippen MR) is 84.8 cm³/mol. The molecule has 0 spiro atoms. The average molecular weight is 351 g/mol. The minimum Gasteiger partial charge on any atom is -0.339 e. The van der Waals surface area contributed by atoms with Crippen LogP contribution in [0, 0.1) is 5.82 Å². The molecule has 3 rings (SSSR count). The summed E-state index contributed by atoms with van der Waals surface area (Å²) in [6, 6.07) is 6.61. The van der Waals surface area contributed by atoms with Crippen molar-refractivity contribution in [3.63, 3.8) is 0 Å². The predicted octanol–water partition coefficient (Wildman–Crippen LogP) is 2.84. The third-order valence-corrected chi connectivity index (χ3v) is 3.96. The zero-order chi connectivity index (χ0) is 14.7. The van der Waals surface area contributed by atoms with Gasteiger partial charge in [-0.1, -0.05) is 15.9 Å². The van der Waals surface area contributed by atoms with Crippen LogP contribution in [0.3, 0.4) is 0 Å². The normalized spacial score (nSPS) is 15.8. The Labute approximate surface area is 131 Å². The maximum Gasteiger partial charge on any atom is 0.225 e. The van der Waals surface area contributed by atoms with E-state index in [-0.39, 0.29) is 5.82 Å². The molecule has 0 atom stereocenters. The molecule has 1 aliphatic rings. The van der Waals surface area contributed by atoms with Crippen molar-refractivity contribution in [3.8, 4) is 11.3 Å². The largest absolute Gasteiger partial charge is 0.339 e. The Bertz CT molecular complexity index is 627. The lowest BCUT2D eigenvalue weighted by Crippen LogP contribution is -2.29. The van der Waals surface area contributed by atoms with Crippen LogP contribution >= 0.6 is 15.9 Å². The lowest BCUT2D eigenvalue weighted by molar-refractivity contribution is 0.630. The van der Waals surface area contributed by atoms with Gasteiger partial charge in [0, 0.05) is 35.9 Å². The minimum atomic E-state index is -0.277. The molecule has 0 amide bonds.